The Morgan fingerprint density at radius 3 is 2.00 bits per heavy atom. The van der Waals surface area contributed by atoms with E-state index in [0.717, 1.165) is 26.1 Å². The van der Waals surface area contributed by atoms with Crippen molar-refractivity contribution in [3.63, 3.8) is 0 Å². The SMILES string of the molecule is O=C(O)N1Cc2cc(C3CCOCC3)c(C3CC3)cc2C1. The Labute approximate surface area is 124 Å². The average molecular weight is 287 g/mol. The summed E-state index contributed by atoms with van der Waals surface area (Å²) in [5.74, 6) is 1.31. The smallest absolute Gasteiger partial charge is 0.407 e. The first-order valence-corrected chi connectivity index (χ1v) is 7.93. The molecule has 112 valence electrons. The van der Waals surface area contributed by atoms with Crippen LogP contribution in [0.2, 0.25) is 0 Å². The maximum atomic E-state index is 11.2. The number of amides is 1. The van der Waals surface area contributed by atoms with Gasteiger partial charge in [-0.1, -0.05) is 12.1 Å². The van der Waals surface area contributed by atoms with Crippen LogP contribution in [-0.2, 0) is 17.8 Å². The van der Waals surface area contributed by atoms with E-state index in [9.17, 15) is 9.90 Å². The predicted octanol–water partition coefficient (Wildman–Crippen LogP) is 3.45. The quantitative estimate of drug-likeness (QED) is 0.906. The zero-order chi connectivity index (χ0) is 14.4. The van der Waals surface area contributed by atoms with Crippen molar-refractivity contribution in [2.75, 3.05) is 13.2 Å². The second-order valence-corrected chi connectivity index (χ2v) is 6.55. The summed E-state index contributed by atoms with van der Waals surface area (Å²) < 4.78 is 5.49. The van der Waals surface area contributed by atoms with Crippen molar-refractivity contribution in [1.29, 1.82) is 0 Å². The zero-order valence-corrected chi connectivity index (χ0v) is 12.2. The van der Waals surface area contributed by atoms with Crippen molar-refractivity contribution < 1.29 is 14.6 Å². The second kappa shape index (κ2) is 5.02. The molecule has 0 spiro atoms. The molecule has 1 aliphatic carbocycles. The van der Waals surface area contributed by atoms with E-state index >= 15 is 0 Å². The Morgan fingerprint density at radius 2 is 1.52 bits per heavy atom. The van der Waals surface area contributed by atoms with Crippen LogP contribution < -0.4 is 0 Å². The molecular formula is C17H21NO3. The van der Waals surface area contributed by atoms with Crippen molar-refractivity contribution in [2.24, 2.45) is 0 Å². The molecule has 3 aliphatic rings. The van der Waals surface area contributed by atoms with Crippen LogP contribution in [0.1, 0.15) is 59.8 Å². The van der Waals surface area contributed by atoms with Crippen molar-refractivity contribution in [3.05, 3.63) is 34.4 Å². The second-order valence-electron chi connectivity index (χ2n) is 6.55. The molecule has 4 nitrogen and oxygen atoms in total. The molecule has 2 aliphatic heterocycles. The highest BCUT2D eigenvalue weighted by Crippen LogP contribution is 2.46. The molecule has 21 heavy (non-hydrogen) atoms. The molecule has 0 radical (unpaired) electrons. The maximum absolute atomic E-state index is 11.2. The molecule has 1 aromatic rings. The summed E-state index contributed by atoms with van der Waals surface area (Å²) >= 11 is 0. The molecule has 4 heteroatoms. The molecule has 1 N–H and O–H groups in total. The van der Waals surface area contributed by atoms with Gasteiger partial charge in [-0.2, -0.15) is 0 Å². The molecule has 2 heterocycles. The Balaban J connectivity index is 1.69. The van der Waals surface area contributed by atoms with E-state index in [-0.39, 0.29) is 0 Å². The molecule has 4 rings (SSSR count). The maximum Gasteiger partial charge on any atom is 0.407 e. The molecule has 1 aromatic carbocycles. The van der Waals surface area contributed by atoms with E-state index in [1.165, 1.54) is 40.0 Å². The van der Waals surface area contributed by atoms with Crippen LogP contribution in [0.5, 0.6) is 0 Å². The van der Waals surface area contributed by atoms with Crippen molar-refractivity contribution in [2.45, 2.75) is 50.6 Å². The highest BCUT2D eigenvalue weighted by Gasteiger charge is 2.32. The van der Waals surface area contributed by atoms with E-state index in [0.29, 0.717) is 24.9 Å². The average Bonchev–Trinajstić information content (AvgIpc) is 3.26. The van der Waals surface area contributed by atoms with Gasteiger partial charge in [-0.25, -0.2) is 4.79 Å². The highest BCUT2D eigenvalue weighted by atomic mass is 16.5. The summed E-state index contributed by atoms with van der Waals surface area (Å²) in [6.07, 6.45) is 3.96. The minimum atomic E-state index is -0.813. The Kier molecular flexibility index (Phi) is 3.14. The lowest BCUT2D eigenvalue weighted by Crippen LogP contribution is -2.22. The zero-order valence-electron chi connectivity index (χ0n) is 12.2. The summed E-state index contributed by atoms with van der Waals surface area (Å²) in [6.45, 7) is 2.81. The molecule has 1 saturated heterocycles. The number of rotatable bonds is 2. The van der Waals surface area contributed by atoms with Crippen LogP contribution >= 0.6 is 0 Å². The van der Waals surface area contributed by atoms with Crippen LogP contribution in [0, 0.1) is 0 Å². The highest BCUT2D eigenvalue weighted by molar-refractivity contribution is 5.66. The van der Waals surface area contributed by atoms with Crippen LogP contribution in [-0.4, -0.2) is 29.3 Å². The largest absolute Gasteiger partial charge is 0.465 e. The van der Waals surface area contributed by atoms with Gasteiger partial charge in [-0.05, 0) is 59.8 Å². The third kappa shape index (κ3) is 2.42. The summed E-state index contributed by atoms with van der Waals surface area (Å²) in [6, 6.07) is 4.61. The van der Waals surface area contributed by atoms with Gasteiger partial charge in [0.25, 0.3) is 0 Å². The van der Waals surface area contributed by atoms with Crippen molar-refractivity contribution in [3.8, 4) is 0 Å². The number of hydrogen-bond acceptors (Lipinski definition) is 2. The molecular weight excluding hydrogens is 266 g/mol. The van der Waals surface area contributed by atoms with Gasteiger partial charge in [0.15, 0.2) is 0 Å². The topological polar surface area (TPSA) is 49.8 Å². The number of carbonyl (C=O) groups is 1. The molecule has 1 saturated carbocycles. The summed E-state index contributed by atoms with van der Waals surface area (Å²) in [5, 5.41) is 9.20. The number of benzene rings is 1. The van der Waals surface area contributed by atoms with Gasteiger partial charge in [0.1, 0.15) is 0 Å². The number of fused-ring (bicyclic) bond motifs is 1. The third-order valence-corrected chi connectivity index (χ3v) is 5.08. The van der Waals surface area contributed by atoms with E-state index < -0.39 is 6.09 Å². The lowest BCUT2D eigenvalue weighted by molar-refractivity contribution is 0.0851. The fourth-order valence-corrected chi connectivity index (χ4v) is 3.73. The minimum absolute atomic E-state index is 0.547. The Bertz CT molecular complexity index is 574. The summed E-state index contributed by atoms with van der Waals surface area (Å²) in [7, 11) is 0. The van der Waals surface area contributed by atoms with Gasteiger partial charge in [-0.15, -0.1) is 0 Å². The summed E-state index contributed by atoms with van der Waals surface area (Å²) in [5.41, 5.74) is 5.40. The first kappa shape index (κ1) is 13.1. The Hall–Kier alpha value is -1.55. The standard InChI is InChI=1S/C17H21NO3/c19-17(20)18-9-13-7-15(11-1-2-11)16(8-14(13)10-18)12-3-5-21-6-4-12/h7-8,11-12H,1-6,9-10H2,(H,19,20). The van der Waals surface area contributed by atoms with Crippen LogP contribution in [0.4, 0.5) is 4.79 Å². The monoisotopic (exact) mass is 287 g/mol. The van der Waals surface area contributed by atoms with Crippen molar-refractivity contribution in [1.82, 2.24) is 4.90 Å². The van der Waals surface area contributed by atoms with E-state index in [1.54, 1.807) is 0 Å². The predicted molar refractivity (Wildman–Crippen MR) is 78.5 cm³/mol. The van der Waals surface area contributed by atoms with Crippen LogP contribution in [0.3, 0.4) is 0 Å². The van der Waals surface area contributed by atoms with E-state index in [1.807, 2.05) is 0 Å². The van der Waals surface area contributed by atoms with Gasteiger partial charge < -0.3 is 9.84 Å². The molecule has 0 unspecified atom stereocenters. The van der Waals surface area contributed by atoms with Gasteiger partial charge in [0, 0.05) is 26.3 Å². The first-order valence-electron chi connectivity index (χ1n) is 7.93. The molecule has 0 bridgehead atoms. The van der Waals surface area contributed by atoms with E-state index in [4.69, 9.17) is 4.74 Å². The number of nitrogens with zero attached hydrogens (tertiary/aromatic N) is 1. The van der Waals surface area contributed by atoms with Gasteiger partial charge in [0.2, 0.25) is 0 Å². The van der Waals surface area contributed by atoms with Crippen molar-refractivity contribution >= 4 is 6.09 Å². The normalized spacial score (nSPS) is 22.4. The number of hydrogen-bond donors (Lipinski definition) is 1. The minimum Gasteiger partial charge on any atom is -0.465 e. The number of carboxylic acid groups (broad SMARTS) is 1. The molecule has 0 aromatic heterocycles. The fourth-order valence-electron chi connectivity index (χ4n) is 3.73. The lowest BCUT2D eigenvalue weighted by Gasteiger charge is -2.25. The lowest BCUT2D eigenvalue weighted by atomic mass is 9.84. The van der Waals surface area contributed by atoms with Crippen LogP contribution in [0.25, 0.3) is 0 Å². The molecule has 1 amide bonds. The van der Waals surface area contributed by atoms with E-state index in [2.05, 4.69) is 12.1 Å². The fraction of sp³-hybridized carbons (Fsp3) is 0.588. The van der Waals surface area contributed by atoms with Gasteiger partial charge >= 0.3 is 6.09 Å². The van der Waals surface area contributed by atoms with Crippen LogP contribution in [0.15, 0.2) is 12.1 Å². The van der Waals surface area contributed by atoms with Gasteiger partial charge in [-0.3, -0.25) is 4.90 Å². The Morgan fingerprint density at radius 1 is 1.00 bits per heavy atom. The molecule has 0 atom stereocenters. The number of ether oxygens (including phenoxy) is 1. The summed E-state index contributed by atoms with van der Waals surface area (Å²) in [4.78, 5) is 12.7. The third-order valence-electron chi connectivity index (χ3n) is 5.08. The molecule has 2 fully saturated rings. The van der Waals surface area contributed by atoms with Gasteiger partial charge in [0.05, 0.1) is 0 Å². The first-order chi connectivity index (χ1) is 10.2.